The van der Waals surface area contributed by atoms with Gasteiger partial charge < -0.3 is 11.1 Å². The number of carbonyl (C=O) groups excluding carboxylic acids is 2. The van der Waals surface area contributed by atoms with Crippen LogP contribution in [0.2, 0.25) is 0 Å². The number of hydrogen-bond acceptors (Lipinski definition) is 3. The van der Waals surface area contributed by atoms with E-state index in [-0.39, 0.29) is 18.1 Å². The lowest BCUT2D eigenvalue weighted by Crippen LogP contribution is -2.16. The van der Waals surface area contributed by atoms with E-state index in [2.05, 4.69) is 5.32 Å². The standard InChI is InChI=1S/C16H16N2O2/c17-11-12-5-4-8-14(9-12)18-16(20)10-15(19)13-6-2-1-3-7-13/h1-9H,10-11,17H2,(H,18,20). The highest BCUT2D eigenvalue weighted by atomic mass is 16.2. The maximum atomic E-state index is 11.9. The molecular formula is C16H16N2O2. The number of carbonyl (C=O) groups is 2. The molecule has 0 aliphatic heterocycles. The molecule has 0 heterocycles. The maximum Gasteiger partial charge on any atom is 0.232 e. The van der Waals surface area contributed by atoms with Gasteiger partial charge in [0.25, 0.3) is 0 Å². The minimum absolute atomic E-state index is 0.170. The fourth-order valence-corrected chi connectivity index (χ4v) is 1.85. The van der Waals surface area contributed by atoms with E-state index >= 15 is 0 Å². The van der Waals surface area contributed by atoms with Gasteiger partial charge in [0.15, 0.2) is 5.78 Å². The first-order valence-corrected chi connectivity index (χ1v) is 6.36. The van der Waals surface area contributed by atoms with Crippen LogP contribution in [-0.4, -0.2) is 11.7 Å². The van der Waals surface area contributed by atoms with Crippen LogP contribution in [0.3, 0.4) is 0 Å². The zero-order chi connectivity index (χ0) is 14.4. The average molecular weight is 268 g/mol. The predicted molar refractivity (Wildman–Crippen MR) is 78.4 cm³/mol. The van der Waals surface area contributed by atoms with Gasteiger partial charge in [0.1, 0.15) is 0 Å². The average Bonchev–Trinajstić information content (AvgIpc) is 2.48. The lowest BCUT2D eigenvalue weighted by molar-refractivity contribution is -0.115. The Hall–Kier alpha value is -2.46. The Labute approximate surface area is 117 Å². The summed E-state index contributed by atoms with van der Waals surface area (Å²) in [6, 6.07) is 16.0. The summed E-state index contributed by atoms with van der Waals surface area (Å²) in [5.41, 5.74) is 7.66. The monoisotopic (exact) mass is 268 g/mol. The summed E-state index contributed by atoms with van der Waals surface area (Å²) in [5.74, 6) is -0.522. The second kappa shape index (κ2) is 6.63. The predicted octanol–water partition coefficient (Wildman–Crippen LogP) is 2.36. The maximum absolute atomic E-state index is 11.9. The van der Waals surface area contributed by atoms with E-state index in [9.17, 15) is 9.59 Å². The SMILES string of the molecule is NCc1cccc(NC(=O)CC(=O)c2ccccc2)c1. The van der Waals surface area contributed by atoms with Crippen molar-refractivity contribution in [2.75, 3.05) is 5.32 Å². The molecule has 0 atom stereocenters. The fourth-order valence-electron chi connectivity index (χ4n) is 1.85. The molecule has 0 bridgehead atoms. The molecule has 0 aromatic heterocycles. The number of anilines is 1. The normalized spacial score (nSPS) is 10.1. The molecule has 0 aliphatic rings. The van der Waals surface area contributed by atoms with E-state index in [1.807, 2.05) is 18.2 Å². The molecule has 102 valence electrons. The number of amides is 1. The number of nitrogens with two attached hydrogens (primary N) is 1. The molecule has 0 spiro atoms. The van der Waals surface area contributed by atoms with Crippen molar-refractivity contribution in [3.63, 3.8) is 0 Å². The highest BCUT2D eigenvalue weighted by Crippen LogP contribution is 2.11. The molecule has 20 heavy (non-hydrogen) atoms. The Morgan fingerprint density at radius 1 is 1.00 bits per heavy atom. The molecule has 2 aromatic carbocycles. The van der Waals surface area contributed by atoms with Gasteiger partial charge in [-0.15, -0.1) is 0 Å². The molecule has 4 heteroatoms. The molecule has 0 fully saturated rings. The van der Waals surface area contributed by atoms with Crippen molar-refractivity contribution in [2.24, 2.45) is 5.73 Å². The minimum atomic E-state index is -0.326. The van der Waals surface area contributed by atoms with E-state index in [1.54, 1.807) is 36.4 Å². The highest BCUT2D eigenvalue weighted by molar-refractivity contribution is 6.10. The van der Waals surface area contributed by atoms with Gasteiger partial charge in [-0.2, -0.15) is 0 Å². The van der Waals surface area contributed by atoms with Crippen molar-refractivity contribution in [2.45, 2.75) is 13.0 Å². The topological polar surface area (TPSA) is 72.2 Å². The van der Waals surface area contributed by atoms with E-state index in [0.29, 0.717) is 17.8 Å². The van der Waals surface area contributed by atoms with Crippen molar-refractivity contribution in [3.05, 3.63) is 65.7 Å². The van der Waals surface area contributed by atoms with E-state index < -0.39 is 0 Å². The second-order valence-electron chi connectivity index (χ2n) is 4.42. The van der Waals surface area contributed by atoms with Crippen molar-refractivity contribution < 1.29 is 9.59 Å². The summed E-state index contributed by atoms with van der Waals surface area (Å²) in [7, 11) is 0. The van der Waals surface area contributed by atoms with Crippen molar-refractivity contribution in [1.82, 2.24) is 0 Å². The third kappa shape index (κ3) is 3.76. The van der Waals surface area contributed by atoms with Crippen LogP contribution in [0.25, 0.3) is 0 Å². The molecule has 1 amide bonds. The molecule has 0 saturated carbocycles. The summed E-state index contributed by atoms with van der Waals surface area (Å²) in [6.45, 7) is 0.409. The van der Waals surface area contributed by atoms with Crippen LogP contribution in [0.1, 0.15) is 22.3 Å². The Morgan fingerprint density at radius 3 is 2.45 bits per heavy atom. The Kier molecular flexibility index (Phi) is 4.63. The molecule has 2 rings (SSSR count). The number of ketones is 1. The zero-order valence-corrected chi connectivity index (χ0v) is 11.0. The van der Waals surface area contributed by atoms with Crippen LogP contribution >= 0.6 is 0 Å². The van der Waals surface area contributed by atoms with Crippen LogP contribution in [-0.2, 0) is 11.3 Å². The van der Waals surface area contributed by atoms with Crippen LogP contribution in [0.4, 0.5) is 5.69 Å². The molecule has 3 N–H and O–H groups in total. The van der Waals surface area contributed by atoms with Crippen LogP contribution in [0, 0.1) is 0 Å². The van der Waals surface area contributed by atoms with Gasteiger partial charge in [-0.1, -0.05) is 42.5 Å². The molecule has 0 saturated heterocycles. The largest absolute Gasteiger partial charge is 0.326 e. The van der Waals surface area contributed by atoms with Gasteiger partial charge in [0.2, 0.25) is 5.91 Å². The van der Waals surface area contributed by atoms with E-state index in [0.717, 1.165) is 5.56 Å². The van der Waals surface area contributed by atoms with Crippen molar-refractivity contribution in [3.8, 4) is 0 Å². The summed E-state index contributed by atoms with van der Waals surface area (Å²) < 4.78 is 0. The Balaban J connectivity index is 1.97. The molecular weight excluding hydrogens is 252 g/mol. The first-order chi connectivity index (χ1) is 9.69. The number of nitrogens with one attached hydrogen (secondary N) is 1. The third-order valence-electron chi connectivity index (χ3n) is 2.86. The van der Waals surface area contributed by atoms with Gasteiger partial charge in [-0.05, 0) is 17.7 Å². The second-order valence-corrected chi connectivity index (χ2v) is 4.42. The number of hydrogen-bond donors (Lipinski definition) is 2. The van der Waals surface area contributed by atoms with Crippen molar-refractivity contribution in [1.29, 1.82) is 0 Å². The summed E-state index contributed by atoms with van der Waals surface area (Å²) in [4.78, 5) is 23.7. The van der Waals surface area contributed by atoms with Crippen LogP contribution in [0.5, 0.6) is 0 Å². The van der Waals surface area contributed by atoms with Gasteiger partial charge in [0, 0.05) is 17.8 Å². The fraction of sp³-hybridized carbons (Fsp3) is 0.125. The number of Topliss-reactive ketones (excluding diaryl/α,β-unsaturated/α-hetero) is 1. The summed E-state index contributed by atoms with van der Waals surface area (Å²) in [6.07, 6.45) is -0.170. The molecule has 4 nitrogen and oxygen atoms in total. The van der Waals surface area contributed by atoms with Gasteiger partial charge in [-0.25, -0.2) is 0 Å². The van der Waals surface area contributed by atoms with Crippen LogP contribution in [0.15, 0.2) is 54.6 Å². The zero-order valence-electron chi connectivity index (χ0n) is 11.0. The lowest BCUT2D eigenvalue weighted by atomic mass is 10.1. The smallest absolute Gasteiger partial charge is 0.232 e. The molecule has 0 unspecified atom stereocenters. The quantitative estimate of drug-likeness (QED) is 0.646. The Bertz CT molecular complexity index is 609. The van der Waals surface area contributed by atoms with Crippen molar-refractivity contribution >= 4 is 17.4 Å². The van der Waals surface area contributed by atoms with Gasteiger partial charge in [-0.3, -0.25) is 9.59 Å². The number of benzene rings is 2. The van der Waals surface area contributed by atoms with E-state index in [4.69, 9.17) is 5.73 Å². The summed E-state index contributed by atoms with van der Waals surface area (Å²) in [5, 5.41) is 2.70. The Morgan fingerprint density at radius 2 is 1.75 bits per heavy atom. The van der Waals surface area contributed by atoms with Crippen LogP contribution < -0.4 is 11.1 Å². The molecule has 0 radical (unpaired) electrons. The lowest BCUT2D eigenvalue weighted by Gasteiger charge is -2.06. The molecule has 2 aromatic rings. The highest BCUT2D eigenvalue weighted by Gasteiger charge is 2.11. The first-order valence-electron chi connectivity index (χ1n) is 6.36. The van der Waals surface area contributed by atoms with Gasteiger partial charge in [0.05, 0.1) is 6.42 Å². The first kappa shape index (κ1) is 14.0. The summed E-state index contributed by atoms with van der Waals surface area (Å²) >= 11 is 0. The minimum Gasteiger partial charge on any atom is -0.326 e. The van der Waals surface area contributed by atoms with Gasteiger partial charge >= 0.3 is 0 Å². The number of rotatable bonds is 5. The third-order valence-corrected chi connectivity index (χ3v) is 2.86. The van der Waals surface area contributed by atoms with E-state index in [1.165, 1.54) is 0 Å². The molecule has 0 aliphatic carbocycles.